The molecule has 0 aliphatic carbocycles. The molecule has 1 atom stereocenters. The Hall–Kier alpha value is -1.30. The Bertz CT molecular complexity index is 691. The lowest BCUT2D eigenvalue weighted by Gasteiger charge is -2.12. The van der Waals surface area contributed by atoms with Crippen LogP contribution in [-0.2, 0) is 0 Å². The second kappa shape index (κ2) is 7.51. The number of carbonyl (C=O) groups excluding carboxylic acids is 1. The minimum Gasteiger partial charge on any atom is -0.348 e. The van der Waals surface area contributed by atoms with E-state index in [1.54, 1.807) is 0 Å². The highest BCUT2D eigenvalue weighted by Gasteiger charge is 2.21. The van der Waals surface area contributed by atoms with E-state index in [-0.39, 0.29) is 24.4 Å². The first-order valence-electron chi connectivity index (χ1n) is 7.52. The molecular weight excluding hydrogens is 378 g/mol. The van der Waals surface area contributed by atoms with Gasteiger partial charge in [0, 0.05) is 34.1 Å². The molecule has 0 bridgehead atoms. The fourth-order valence-corrected chi connectivity index (χ4v) is 3.29. The molecule has 4 nitrogen and oxygen atoms in total. The van der Waals surface area contributed by atoms with Gasteiger partial charge in [-0.1, -0.05) is 15.9 Å². The van der Waals surface area contributed by atoms with Crippen molar-refractivity contribution in [3.05, 3.63) is 51.8 Å². The number of benzene rings is 1. The summed E-state index contributed by atoms with van der Waals surface area (Å²) in [6.07, 6.45) is 0.997. The Labute approximate surface area is 151 Å². The van der Waals surface area contributed by atoms with Crippen molar-refractivity contribution in [1.29, 1.82) is 0 Å². The minimum absolute atomic E-state index is 0. The standard InChI is InChI=1S/C17H20BrN3O.ClH/c1-11-9-16(17(22)20-14-7-8-19-10-14)12(2)21(11)15-5-3-13(18)4-6-15;/h3-6,9,14,19H,7-8,10H2,1-2H3,(H,20,22);1H. The van der Waals surface area contributed by atoms with Crippen LogP contribution in [-0.4, -0.2) is 29.6 Å². The predicted molar refractivity (Wildman–Crippen MR) is 98.9 cm³/mol. The van der Waals surface area contributed by atoms with Gasteiger partial charge in [-0.15, -0.1) is 12.4 Å². The summed E-state index contributed by atoms with van der Waals surface area (Å²) in [7, 11) is 0. The van der Waals surface area contributed by atoms with Gasteiger partial charge in [-0.05, 0) is 57.1 Å². The Morgan fingerprint density at radius 3 is 2.61 bits per heavy atom. The highest BCUT2D eigenvalue weighted by molar-refractivity contribution is 9.10. The lowest BCUT2D eigenvalue weighted by Crippen LogP contribution is -2.36. The van der Waals surface area contributed by atoms with Gasteiger partial charge in [0.2, 0.25) is 0 Å². The monoisotopic (exact) mass is 397 g/mol. The van der Waals surface area contributed by atoms with Crippen LogP contribution in [0.3, 0.4) is 0 Å². The molecule has 3 rings (SSSR count). The summed E-state index contributed by atoms with van der Waals surface area (Å²) >= 11 is 3.45. The molecule has 0 spiro atoms. The average molecular weight is 399 g/mol. The maximum absolute atomic E-state index is 12.5. The molecule has 0 radical (unpaired) electrons. The zero-order valence-electron chi connectivity index (χ0n) is 13.2. The molecule has 6 heteroatoms. The van der Waals surface area contributed by atoms with Crippen molar-refractivity contribution in [1.82, 2.24) is 15.2 Å². The van der Waals surface area contributed by atoms with Crippen LogP contribution in [0.4, 0.5) is 0 Å². The predicted octanol–water partition coefficient (Wildman–Crippen LogP) is 3.37. The van der Waals surface area contributed by atoms with Crippen molar-refractivity contribution in [3.8, 4) is 5.69 Å². The third kappa shape index (κ3) is 3.79. The minimum atomic E-state index is 0. The quantitative estimate of drug-likeness (QED) is 0.832. The van der Waals surface area contributed by atoms with Crippen LogP contribution in [0.15, 0.2) is 34.8 Å². The summed E-state index contributed by atoms with van der Waals surface area (Å²) in [5.41, 5.74) is 3.87. The molecular formula is C17H21BrClN3O. The highest BCUT2D eigenvalue weighted by atomic mass is 79.9. The SMILES string of the molecule is Cc1cc(C(=O)NC2CCNC2)c(C)n1-c1ccc(Br)cc1.Cl. The van der Waals surface area contributed by atoms with Crippen molar-refractivity contribution in [2.45, 2.75) is 26.3 Å². The van der Waals surface area contributed by atoms with Gasteiger partial charge in [0.15, 0.2) is 0 Å². The van der Waals surface area contributed by atoms with Gasteiger partial charge in [-0.2, -0.15) is 0 Å². The van der Waals surface area contributed by atoms with Crippen molar-refractivity contribution >= 4 is 34.2 Å². The maximum Gasteiger partial charge on any atom is 0.253 e. The molecule has 1 unspecified atom stereocenters. The number of hydrogen-bond donors (Lipinski definition) is 2. The normalized spacial score (nSPS) is 16.9. The number of nitrogens with zero attached hydrogens (tertiary/aromatic N) is 1. The topological polar surface area (TPSA) is 46.1 Å². The largest absolute Gasteiger partial charge is 0.348 e. The van der Waals surface area contributed by atoms with Crippen LogP contribution in [0.25, 0.3) is 5.69 Å². The van der Waals surface area contributed by atoms with Crippen molar-refractivity contribution < 1.29 is 4.79 Å². The van der Waals surface area contributed by atoms with E-state index in [9.17, 15) is 4.79 Å². The average Bonchev–Trinajstić information content (AvgIpc) is 3.09. The summed E-state index contributed by atoms with van der Waals surface area (Å²) < 4.78 is 3.17. The fraction of sp³-hybridized carbons (Fsp3) is 0.353. The number of nitrogens with one attached hydrogen (secondary N) is 2. The first-order valence-corrected chi connectivity index (χ1v) is 8.32. The van der Waals surface area contributed by atoms with Crippen LogP contribution >= 0.6 is 28.3 Å². The molecule has 1 aromatic heterocycles. The van der Waals surface area contributed by atoms with Crippen LogP contribution in [0.5, 0.6) is 0 Å². The van der Waals surface area contributed by atoms with E-state index >= 15 is 0 Å². The number of hydrogen-bond acceptors (Lipinski definition) is 2. The van der Waals surface area contributed by atoms with Crippen LogP contribution in [0.2, 0.25) is 0 Å². The van der Waals surface area contributed by atoms with E-state index in [1.807, 2.05) is 44.2 Å². The van der Waals surface area contributed by atoms with Crippen molar-refractivity contribution in [2.24, 2.45) is 0 Å². The third-order valence-corrected chi connectivity index (χ3v) is 4.68. The molecule has 1 aliphatic heterocycles. The van der Waals surface area contributed by atoms with E-state index < -0.39 is 0 Å². The Morgan fingerprint density at radius 1 is 1.30 bits per heavy atom. The number of amides is 1. The van der Waals surface area contributed by atoms with Crippen LogP contribution in [0.1, 0.15) is 28.2 Å². The number of rotatable bonds is 3. The van der Waals surface area contributed by atoms with E-state index in [1.165, 1.54) is 0 Å². The van der Waals surface area contributed by atoms with Gasteiger partial charge in [-0.3, -0.25) is 4.79 Å². The van der Waals surface area contributed by atoms with E-state index in [0.717, 1.165) is 46.6 Å². The summed E-state index contributed by atoms with van der Waals surface area (Å²) in [4.78, 5) is 12.5. The molecule has 2 aromatic rings. The van der Waals surface area contributed by atoms with Gasteiger partial charge in [-0.25, -0.2) is 0 Å². The Morgan fingerprint density at radius 2 is 2.00 bits per heavy atom. The maximum atomic E-state index is 12.5. The summed E-state index contributed by atoms with van der Waals surface area (Å²) in [6.45, 7) is 5.86. The first kappa shape index (κ1) is 18.0. The molecule has 1 fully saturated rings. The smallest absolute Gasteiger partial charge is 0.253 e. The number of halogens is 2. The van der Waals surface area contributed by atoms with Crippen molar-refractivity contribution in [3.63, 3.8) is 0 Å². The van der Waals surface area contributed by atoms with Gasteiger partial charge in [0.1, 0.15) is 0 Å². The molecule has 2 N–H and O–H groups in total. The zero-order valence-corrected chi connectivity index (χ0v) is 15.6. The molecule has 1 saturated heterocycles. The van der Waals surface area contributed by atoms with E-state index in [0.29, 0.717) is 0 Å². The lowest BCUT2D eigenvalue weighted by molar-refractivity contribution is 0.0939. The molecule has 1 aliphatic rings. The molecule has 1 aromatic carbocycles. The van der Waals surface area contributed by atoms with Crippen LogP contribution < -0.4 is 10.6 Å². The van der Waals surface area contributed by atoms with E-state index in [4.69, 9.17) is 0 Å². The molecule has 2 heterocycles. The number of aryl methyl sites for hydroxylation is 1. The second-order valence-electron chi connectivity index (χ2n) is 5.76. The molecule has 0 saturated carbocycles. The fourth-order valence-electron chi connectivity index (χ4n) is 3.02. The van der Waals surface area contributed by atoms with Gasteiger partial charge < -0.3 is 15.2 Å². The first-order chi connectivity index (χ1) is 10.6. The second-order valence-corrected chi connectivity index (χ2v) is 6.68. The number of aromatic nitrogens is 1. The highest BCUT2D eigenvalue weighted by Crippen LogP contribution is 2.22. The van der Waals surface area contributed by atoms with Gasteiger partial charge >= 0.3 is 0 Å². The molecule has 1 amide bonds. The van der Waals surface area contributed by atoms with Gasteiger partial charge in [0.05, 0.1) is 5.56 Å². The van der Waals surface area contributed by atoms with E-state index in [2.05, 4.69) is 31.1 Å². The van der Waals surface area contributed by atoms with Crippen LogP contribution in [0, 0.1) is 13.8 Å². The molecule has 124 valence electrons. The lowest BCUT2D eigenvalue weighted by atomic mass is 10.2. The number of carbonyl (C=O) groups is 1. The van der Waals surface area contributed by atoms with Gasteiger partial charge in [0.25, 0.3) is 5.91 Å². The summed E-state index contributed by atoms with van der Waals surface area (Å²) in [5, 5.41) is 6.38. The van der Waals surface area contributed by atoms with Crippen molar-refractivity contribution in [2.75, 3.05) is 13.1 Å². The molecule has 23 heavy (non-hydrogen) atoms. The Kier molecular flexibility index (Phi) is 5.89. The Balaban J connectivity index is 0.00000192. The summed E-state index contributed by atoms with van der Waals surface area (Å²) in [6, 6.07) is 10.3. The zero-order chi connectivity index (χ0) is 15.7. The summed E-state index contributed by atoms with van der Waals surface area (Å²) in [5.74, 6) is 0.0187. The third-order valence-electron chi connectivity index (χ3n) is 4.16.